The minimum Gasteiger partial charge on any atom is -0.383 e. The third kappa shape index (κ3) is 4.66. The third-order valence-corrected chi connectivity index (χ3v) is 4.74. The van der Waals surface area contributed by atoms with Crippen molar-refractivity contribution in [2.45, 2.75) is 26.7 Å². The molecule has 0 unspecified atom stereocenters. The molecular formula is C18H28N4O. The predicted octanol–water partition coefficient (Wildman–Crippen LogP) is 2.36. The van der Waals surface area contributed by atoms with Crippen LogP contribution in [0.15, 0.2) is 6.07 Å². The van der Waals surface area contributed by atoms with Crippen LogP contribution >= 0.6 is 0 Å². The van der Waals surface area contributed by atoms with Gasteiger partial charge in [-0.1, -0.05) is 0 Å². The van der Waals surface area contributed by atoms with Crippen molar-refractivity contribution >= 4 is 5.82 Å². The van der Waals surface area contributed by atoms with E-state index in [4.69, 9.17) is 10.00 Å². The molecule has 2 rings (SSSR count). The van der Waals surface area contributed by atoms with Gasteiger partial charge in [0.15, 0.2) is 0 Å². The molecule has 1 aromatic rings. The van der Waals surface area contributed by atoms with Gasteiger partial charge in [0.1, 0.15) is 11.9 Å². The van der Waals surface area contributed by atoms with Gasteiger partial charge < -0.3 is 14.5 Å². The fourth-order valence-corrected chi connectivity index (χ4v) is 3.27. The number of nitrogens with zero attached hydrogens (tertiary/aromatic N) is 4. The summed E-state index contributed by atoms with van der Waals surface area (Å²) in [6, 6.07) is 4.26. The molecule has 2 heterocycles. The Morgan fingerprint density at radius 1 is 1.39 bits per heavy atom. The zero-order valence-corrected chi connectivity index (χ0v) is 14.8. The van der Waals surface area contributed by atoms with Gasteiger partial charge in [0.2, 0.25) is 0 Å². The first kappa shape index (κ1) is 17.7. The van der Waals surface area contributed by atoms with Crippen molar-refractivity contribution in [3.8, 4) is 6.07 Å². The van der Waals surface area contributed by atoms with Crippen LogP contribution in [0.25, 0.3) is 0 Å². The fraction of sp³-hybridized carbons (Fsp3) is 0.667. The third-order valence-electron chi connectivity index (χ3n) is 4.74. The molecule has 5 heteroatoms. The Balaban J connectivity index is 1.91. The Bertz CT molecular complexity index is 536. The zero-order valence-electron chi connectivity index (χ0n) is 14.8. The summed E-state index contributed by atoms with van der Waals surface area (Å²) in [7, 11) is 3.86. The summed E-state index contributed by atoms with van der Waals surface area (Å²) in [6.07, 6.45) is 2.45. The lowest BCUT2D eigenvalue weighted by Crippen LogP contribution is -2.39. The molecule has 0 aromatic carbocycles. The number of anilines is 1. The van der Waals surface area contributed by atoms with E-state index in [1.807, 2.05) is 19.9 Å². The standard InChI is InChI=1S/C18H28N4O/c1-14-11-18(20-15(2)17(14)12-19)21(3)13-16-5-7-22(8-6-16)9-10-23-4/h11,16H,5-10,13H2,1-4H3. The van der Waals surface area contributed by atoms with Crippen LogP contribution in [-0.2, 0) is 4.74 Å². The van der Waals surface area contributed by atoms with E-state index in [1.54, 1.807) is 7.11 Å². The number of nitriles is 1. The van der Waals surface area contributed by atoms with E-state index in [9.17, 15) is 0 Å². The van der Waals surface area contributed by atoms with E-state index < -0.39 is 0 Å². The van der Waals surface area contributed by atoms with Crippen LogP contribution in [0.3, 0.4) is 0 Å². The summed E-state index contributed by atoms with van der Waals surface area (Å²) in [5.41, 5.74) is 2.54. The van der Waals surface area contributed by atoms with Crippen molar-refractivity contribution < 1.29 is 4.74 Å². The Hall–Kier alpha value is -1.64. The van der Waals surface area contributed by atoms with Crippen molar-refractivity contribution in [1.82, 2.24) is 9.88 Å². The van der Waals surface area contributed by atoms with Gasteiger partial charge in [-0.25, -0.2) is 4.98 Å². The molecule has 0 radical (unpaired) electrons. The van der Waals surface area contributed by atoms with Crippen LogP contribution in [0.5, 0.6) is 0 Å². The molecule has 1 fully saturated rings. The maximum Gasteiger partial charge on any atom is 0.128 e. The first-order valence-electron chi connectivity index (χ1n) is 8.36. The molecule has 0 atom stereocenters. The second-order valence-electron chi connectivity index (χ2n) is 6.53. The first-order valence-corrected chi connectivity index (χ1v) is 8.36. The number of methoxy groups -OCH3 is 1. The van der Waals surface area contributed by atoms with Gasteiger partial charge in [-0.15, -0.1) is 0 Å². The number of hydrogen-bond acceptors (Lipinski definition) is 5. The summed E-state index contributed by atoms with van der Waals surface area (Å²) < 4.78 is 5.15. The summed E-state index contributed by atoms with van der Waals surface area (Å²) in [6.45, 7) is 9.08. The highest BCUT2D eigenvalue weighted by Crippen LogP contribution is 2.22. The number of ether oxygens (including phenoxy) is 1. The van der Waals surface area contributed by atoms with Crippen molar-refractivity contribution in [3.63, 3.8) is 0 Å². The molecule has 0 aliphatic carbocycles. The van der Waals surface area contributed by atoms with Crippen molar-refractivity contribution in [1.29, 1.82) is 5.26 Å². The smallest absolute Gasteiger partial charge is 0.128 e. The summed E-state index contributed by atoms with van der Waals surface area (Å²) in [5.74, 6) is 1.68. The number of piperidine rings is 1. The highest BCUT2D eigenvalue weighted by atomic mass is 16.5. The number of aryl methyl sites for hydroxylation is 2. The zero-order chi connectivity index (χ0) is 16.8. The topological polar surface area (TPSA) is 52.4 Å². The Morgan fingerprint density at radius 3 is 2.65 bits per heavy atom. The van der Waals surface area contributed by atoms with E-state index in [0.29, 0.717) is 11.5 Å². The molecule has 1 saturated heterocycles. The number of hydrogen-bond donors (Lipinski definition) is 0. The Morgan fingerprint density at radius 2 is 2.09 bits per heavy atom. The van der Waals surface area contributed by atoms with Crippen LogP contribution in [0.2, 0.25) is 0 Å². The molecule has 126 valence electrons. The van der Waals surface area contributed by atoms with Crippen molar-refractivity contribution in [3.05, 3.63) is 22.9 Å². The molecule has 0 bridgehead atoms. The lowest BCUT2D eigenvalue weighted by Gasteiger charge is -2.34. The number of pyridine rings is 1. The Kier molecular flexibility index (Phi) is 6.37. The van der Waals surface area contributed by atoms with Gasteiger partial charge in [-0.3, -0.25) is 0 Å². The normalized spacial score (nSPS) is 16.3. The molecule has 1 aliphatic rings. The number of rotatable bonds is 6. The maximum atomic E-state index is 9.16. The fourth-order valence-electron chi connectivity index (χ4n) is 3.27. The van der Waals surface area contributed by atoms with Gasteiger partial charge in [-0.05, 0) is 57.3 Å². The van der Waals surface area contributed by atoms with Crippen LogP contribution < -0.4 is 4.90 Å². The van der Waals surface area contributed by atoms with Gasteiger partial charge >= 0.3 is 0 Å². The SMILES string of the molecule is COCCN1CCC(CN(C)c2cc(C)c(C#N)c(C)n2)CC1. The Labute approximate surface area is 139 Å². The largest absolute Gasteiger partial charge is 0.383 e. The van der Waals surface area contributed by atoms with Crippen molar-refractivity contribution in [2.75, 3.05) is 51.8 Å². The van der Waals surface area contributed by atoms with E-state index >= 15 is 0 Å². The second-order valence-corrected chi connectivity index (χ2v) is 6.53. The quantitative estimate of drug-likeness (QED) is 0.806. The van der Waals surface area contributed by atoms with Crippen LogP contribution in [-0.4, -0.2) is 56.8 Å². The minimum absolute atomic E-state index is 0.702. The summed E-state index contributed by atoms with van der Waals surface area (Å²) >= 11 is 0. The molecule has 23 heavy (non-hydrogen) atoms. The summed E-state index contributed by atoms with van der Waals surface area (Å²) in [5, 5.41) is 9.16. The number of aromatic nitrogens is 1. The highest BCUT2D eigenvalue weighted by molar-refractivity contribution is 5.49. The maximum absolute atomic E-state index is 9.16. The molecule has 0 spiro atoms. The average Bonchev–Trinajstić information content (AvgIpc) is 2.54. The van der Waals surface area contributed by atoms with Crippen molar-refractivity contribution in [2.24, 2.45) is 5.92 Å². The van der Waals surface area contributed by atoms with E-state index in [1.165, 1.54) is 12.8 Å². The molecule has 1 aromatic heterocycles. The molecule has 0 amide bonds. The second kappa shape index (κ2) is 8.28. The molecule has 5 nitrogen and oxygen atoms in total. The lowest BCUT2D eigenvalue weighted by molar-refractivity contribution is 0.121. The van der Waals surface area contributed by atoms with Gasteiger partial charge in [-0.2, -0.15) is 5.26 Å². The number of likely N-dealkylation sites (tertiary alicyclic amines) is 1. The predicted molar refractivity (Wildman–Crippen MR) is 92.7 cm³/mol. The van der Waals surface area contributed by atoms with Crippen LogP contribution in [0, 0.1) is 31.1 Å². The monoisotopic (exact) mass is 316 g/mol. The van der Waals surface area contributed by atoms with Gasteiger partial charge in [0.25, 0.3) is 0 Å². The molecular weight excluding hydrogens is 288 g/mol. The van der Waals surface area contributed by atoms with E-state index in [2.05, 4.69) is 27.9 Å². The molecule has 0 N–H and O–H groups in total. The van der Waals surface area contributed by atoms with Gasteiger partial charge in [0.05, 0.1) is 17.9 Å². The highest BCUT2D eigenvalue weighted by Gasteiger charge is 2.21. The van der Waals surface area contributed by atoms with Crippen LogP contribution in [0.4, 0.5) is 5.82 Å². The molecule has 1 aliphatic heterocycles. The van der Waals surface area contributed by atoms with Crippen LogP contribution in [0.1, 0.15) is 29.7 Å². The lowest BCUT2D eigenvalue weighted by atomic mass is 9.96. The van der Waals surface area contributed by atoms with E-state index in [-0.39, 0.29) is 0 Å². The summed E-state index contributed by atoms with van der Waals surface area (Å²) in [4.78, 5) is 9.32. The van der Waals surface area contributed by atoms with Gasteiger partial charge in [0, 0.05) is 27.2 Å². The minimum atomic E-state index is 0.702. The average molecular weight is 316 g/mol. The van der Waals surface area contributed by atoms with E-state index in [0.717, 1.165) is 49.9 Å². The first-order chi connectivity index (χ1) is 11.0. The molecule has 0 saturated carbocycles.